The molecule has 1 atom stereocenters. The number of ether oxygens (including phenoxy) is 2. The van der Waals surface area contributed by atoms with Gasteiger partial charge in [-0.05, 0) is 38.0 Å². The highest BCUT2D eigenvalue weighted by atomic mass is 32.2. The Morgan fingerprint density at radius 1 is 1.09 bits per heavy atom. The molecule has 35 heavy (non-hydrogen) atoms. The van der Waals surface area contributed by atoms with E-state index in [1.165, 1.54) is 11.0 Å². The maximum Gasteiger partial charge on any atom is 0.244 e. The molecule has 0 saturated heterocycles. The van der Waals surface area contributed by atoms with Gasteiger partial charge in [0.15, 0.2) is 11.5 Å². The second-order valence-electron chi connectivity index (χ2n) is 8.63. The molecule has 1 aliphatic heterocycles. The summed E-state index contributed by atoms with van der Waals surface area (Å²) in [5, 5.41) is 2.86. The van der Waals surface area contributed by atoms with Crippen LogP contribution in [-0.2, 0) is 26.2 Å². The maximum absolute atomic E-state index is 13.5. The minimum Gasteiger partial charge on any atom is -0.454 e. The van der Waals surface area contributed by atoms with E-state index < -0.39 is 28.5 Å². The predicted octanol–water partition coefficient (Wildman–Crippen LogP) is 2.82. The zero-order valence-corrected chi connectivity index (χ0v) is 21.4. The molecule has 190 valence electrons. The summed E-state index contributed by atoms with van der Waals surface area (Å²) in [7, 11) is -3.82. The molecule has 0 aromatic heterocycles. The maximum atomic E-state index is 13.5. The average molecular weight is 504 g/mol. The third-order valence-corrected chi connectivity index (χ3v) is 6.93. The van der Waals surface area contributed by atoms with E-state index in [2.05, 4.69) is 5.32 Å². The molecule has 0 unspecified atom stereocenters. The van der Waals surface area contributed by atoms with E-state index in [1.54, 1.807) is 19.1 Å². The topological polar surface area (TPSA) is 105 Å². The highest BCUT2D eigenvalue weighted by Crippen LogP contribution is 2.36. The van der Waals surface area contributed by atoms with Gasteiger partial charge in [0.25, 0.3) is 0 Å². The standard InChI is InChI=1S/C25H33N3O6S/c1-5-6-13-26-25(30)19(3)27(15-20-9-7-18(2)8-10-20)24(29)16-28(35(4,31)32)21-11-12-22-23(14-21)34-17-33-22/h7-12,14,19H,5-6,13,15-17H2,1-4H3,(H,26,30)/t19-/m0/s1. The smallest absolute Gasteiger partial charge is 0.244 e. The minimum atomic E-state index is -3.82. The molecule has 2 aromatic carbocycles. The number of fused-ring (bicyclic) bond motifs is 1. The first kappa shape index (κ1) is 26.3. The number of unbranched alkanes of at least 4 members (excludes halogenated alkanes) is 1. The molecule has 0 aliphatic carbocycles. The van der Waals surface area contributed by atoms with E-state index in [0.29, 0.717) is 18.0 Å². The minimum absolute atomic E-state index is 0.0472. The van der Waals surface area contributed by atoms with Gasteiger partial charge in [-0.25, -0.2) is 8.42 Å². The third-order valence-electron chi connectivity index (χ3n) is 5.79. The molecule has 0 saturated carbocycles. The summed E-state index contributed by atoms with van der Waals surface area (Å²) < 4.78 is 37.0. The number of hydrogen-bond acceptors (Lipinski definition) is 6. The quantitative estimate of drug-likeness (QED) is 0.473. The zero-order valence-electron chi connectivity index (χ0n) is 20.6. The lowest BCUT2D eigenvalue weighted by molar-refractivity contribution is -0.139. The summed E-state index contributed by atoms with van der Waals surface area (Å²) in [5.74, 6) is 0.135. The number of amides is 2. The van der Waals surface area contributed by atoms with Gasteiger partial charge in [-0.1, -0.05) is 43.2 Å². The molecule has 1 heterocycles. The number of carbonyl (C=O) groups is 2. The molecular formula is C25H33N3O6S. The van der Waals surface area contributed by atoms with E-state index in [1.807, 2.05) is 38.1 Å². The van der Waals surface area contributed by atoms with Gasteiger partial charge < -0.3 is 19.7 Å². The van der Waals surface area contributed by atoms with Gasteiger partial charge >= 0.3 is 0 Å². The van der Waals surface area contributed by atoms with Crippen LogP contribution in [0.3, 0.4) is 0 Å². The number of hydrogen-bond donors (Lipinski definition) is 1. The Hall–Kier alpha value is -3.27. The van der Waals surface area contributed by atoms with Crippen LogP contribution in [0.5, 0.6) is 11.5 Å². The molecule has 3 rings (SSSR count). The lowest BCUT2D eigenvalue weighted by atomic mass is 10.1. The molecule has 10 heteroatoms. The number of benzene rings is 2. The van der Waals surface area contributed by atoms with Crippen LogP contribution in [0.4, 0.5) is 5.69 Å². The third kappa shape index (κ3) is 6.88. The summed E-state index contributed by atoms with van der Waals surface area (Å²) >= 11 is 0. The van der Waals surface area contributed by atoms with E-state index >= 15 is 0 Å². The Bertz CT molecular complexity index is 1150. The van der Waals surface area contributed by atoms with E-state index in [4.69, 9.17) is 9.47 Å². The molecule has 0 radical (unpaired) electrons. The van der Waals surface area contributed by atoms with Crippen molar-refractivity contribution in [1.82, 2.24) is 10.2 Å². The van der Waals surface area contributed by atoms with Crippen LogP contribution in [0, 0.1) is 6.92 Å². The Morgan fingerprint density at radius 3 is 2.43 bits per heavy atom. The second-order valence-corrected chi connectivity index (χ2v) is 10.5. The summed E-state index contributed by atoms with van der Waals surface area (Å²) in [6.45, 7) is 5.91. The Labute approximate surface area is 207 Å². The van der Waals surface area contributed by atoms with Crippen molar-refractivity contribution in [3.05, 3.63) is 53.6 Å². The molecule has 0 fully saturated rings. The largest absolute Gasteiger partial charge is 0.454 e. The predicted molar refractivity (Wildman–Crippen MR) is 134 cm³/mol. The fourth-order valence-corrected chi connectivity index (χ4v) is 4.50. The van der Waals surface area contributed by atoms with Crippen LogP contribution < -0.4 is 19.1 Å². The highest BCUT2D eigenvalue weighted by Gasteiger charge is 2.30. The summed E-state index contributed by atoms with van der Waals surface area (Å²) in [6, 6.07) is 11.5. The van der Waals surface area contributed by atoms with Crippen LogP contribution in [0.2, 0.25) is 0 Å². The van der Waals surface area contributed by atoms with Gasteiger partial charge in [0.2, 0.25) is 28.6 Å². The van der Waals surface area contributed by atoms with Gasteiger partial charge in [-0.2, -0.15) is 0 Å². The lowest BCUT2D eigenvalue weighted by Crippen LogP contribution is -2.51. The fraction of sp³-hybridized carbons (Fsp3) is 0.440. The number of rotatable bonds is 11. The molecule has 2 aromatic rings. The van der Waals surface area contributed by atoms with Crippen molar-refractivity contribution >= 4 is 27.5 Å². The van der Waals surface area contributed by atoms with Crippen LogP contribution >= 0.6 is 0 Å². The molecule has 1 aliphatic rings. The average Bonchev–Trinajstić information content (AvgIpc) is 3.29. The number of carbonyl (C=O) groups excluding carboxylic acids is 2. The van der Waals surface area contributed by atoms with Gasteiger partial charge in [0.05, 0.1) is 11.9 Å². The first-order valence-corrected chi connectivity index (χ1v) is 13.4. The van der Waals surface area contributed by atoms with E-state index in [9.17, 15) is 18.0 Å². The van der Waals surface area contributed by atoms with Crippen molar-refractivity contribution < 1.29 is 27.5 Å². The van der Waals surface area contributed by atoms with E-state index in [-0.39, 0.29) is 24.9 Å². The van der Waals surface area contributed by atoms with Gasteiger partial charge in [0, 0.05) is 19.2 Å². The number of anilines is 1. The van der Waals surface area contributed by atoms with Crippen molar-refractivity contribution in [2.24, 2.45) is 0 Å². The number of aryl methyl sites for hydroxylation is 1. The van der Waals surface area contributed by atoms with Crippen molar-refractivity contribution in [2.45, 2.75) is 46.2 Å². The van der Waals surface area contributed by atoms with Crippen molar-refractivity contribution in [2.75, 3.05) is 30.4 Å². The molecule has 2 amide bonds. The van der Waals surface area contributed by atoms with Crippen LogP contribution in [0.1, 0.15) is 37.8 Å². The summed E-state index contributed by atoms with van der Waals surface area (Å²) in [5.41, 5.74) is 2.19. The first-order valence-electron chi connectivity index (χ1n) is 11.6. The lowest BCUT2D eigenvalue weighted by Gasteiger charge is -2.31. The van der Waals surface area contributed by atoms with Crippen molar-refractivity contribution in [3.8, 4) is 11.5 Å². The fourth-order valence-electron chi connectivity index (χ4n) is 3.66. The molecule has 1 N–H and O–H groups in total. The second kappa shape index (κ2) is 11.4. The van der Waals surface area contributed by atoms with Crippen LogP contribution in [-0.4, -0.2) is 57.3 Å². The Kier molecular flexibility index (Phi) is 8.61. The summed E-state index contributed by atoms with van der Waals surface area (Å²) in [4.78, 5) is 27.8. The summed E-state index contributed by atoms with van der Waals surface area (Å²) in [6.07, 6.45) is 2.80. The monoisotopic (exact) mass is 503 g/mol. The van der Waals surface area contributed by atoms with Crippen molar-refractivity contribution in [3.63, 3.8) is 0 Å². The highest BCUT2D eigenvalue weighted by molar-refractivity contribution is 7.92. The molecule has 0 bridgehead atoms. The zero-order chi connectivity index (χ0) is 25.6. The number of sulfonamides is 1. The first-order chi connectivity index (χ1) is 16.6. The van der Waals surface area contributed by atoms with Gasteiger partial charge in [-0.15, -0.1) is 0 Å². The van der Waals surface area contributed by atoms with Crippen LogP contribution in [0.15, 0.2) is 42.5 Å². The normalized spacial score (nSPS) is 13.3. The molecule has 9 nitrogen and oxygen atoms in total. The molecular weight excluding hydrogens is 470 g/mol. The van der Waals surface area contributed by atoms with E-state index in [0.717, 1.165) is 34.5 Å². The Morgan fingerprint density at radius 2 is 1.77 bits per heavy atom. The van der Waals surface area contributed by atoms with Crippen LogP contribution in [0.25, 0.3) is 0 Å². The SMILES string of the molecule is CCCCNC(=O)[C@H](C)N(Cc1ccc(C)cc1)C(=O)CN(c1ccc2c(c1)OCO2)S(C)(=O)=O. The number of nitrogens with one attached hydrogen (secondary N) is 1. The Balaban J connectivity index is 1.87. The van der Waals surface area contributed by atoms with Gasteiger partial charge in [-0.3, -0.25) is 13.9 Å². The molecule has 0 spiro atoms. The van der Waals surface area contributed by atoms with Crippen molar-refractivity contribution in [1.29, 1.82) is 0 Å². The number of nitrogens with zero attached hydrogens (tertiary/aromatic N) is 2. The van der Waals surface area contributed by atoms with Gasteiger partial charge in [0.1, 0.15) is 12.6 Å².